The summed E-state index contributed by atoms with van der Waals surface area (Å²) in [5.41, 5.74) is 0.0989. The maximum atomic E-state index is 13.1. The van der Waals surface area contributed by atoms with Crippen molar-refractivity contribution in [1.29, 1.82) is 0 Å². The summed E-state index contributed by atoms with van der Waals surface area (Å²) in [6.45, 7) is 3.52. The fraction of sp³-hybridized carbons (Fsp3) is 0.273. The molecule has 0 amide bonds. The molecule has 0 spiro atoms. The van der Waals surface area contributed by atoms with Gasteiger partial charge in [-0.2, -0.15) is 0 Å². The standard InChI is InChI=1S/C22H20O10/c1-10(23)29-14-8-15(26)19-18(9-14)32-21(22(20(19)27)31-12(3)25)13-5-6-16(28-4)17(7-13)30-11(2)24/h5-9,21-22,26H,1-4H3/t21-,22+/m0/s1. The van der Waals surface area contributed by atoms with Crippen molar-refractivity contribution in [2.24, 2.45) is 0 Å². The van der Waals surface area contributed by atoms with Crippen molar-refractivity contribution >= 4 is 23.7 Å². The molecule has 0 aromatic heterocycles. The van der Waals surface area contributed by atoms with Crippen LogP contribution in [-0.2, 0) is 19.1 Å². The monoisotopic (exact) mass is 444 g/mol. The third kappa shape index (κ3) is 4.64. The number of carbonyl (C=O) groups is 4. The number of ketones is 1. The summed E-state index contributed by atoms with van der Waals surface area (Å²) < 4.78 is 26.4. The molecule has 10 heteroatoms. The van der Waals surface area contributed by atoms with Gasteiger partial charge in [0.2, 0.25) is 11.9 Å². The molecule has 2 aromatic rings. The van der Waals surface area contributed by atoms with E-state index >= 15 is 0 Å². The van der Waals surface area contributed by atoms with Gasteiger partial charge in [-0.15, -0.1) is 0 Å². The van der Waals surface area contributed by atoms with Gasteiger partial charge in [0.15, 0.2) is 17.6 Å². The number of benzene rings is 2. The van der Waals surface area contributed by atoms with Gasteiger partial charge in [-0.1, -0.05) is 6.07 Å². The van der Waals surface area contributed by atoms with E-state index in [1.54, 1.807) is 6.07 Å². The Labute approximate surface area is 182 Å². The van der Waals surface area contributed by atoms with Gasteiger partial charge in [0.25, 0.3) is 0 Å². The number of aromatic hydroxyl groups is 1. The van der Waals surface area contributed by atoms with Crippen molar-refractivity contribution in [3.8, 4) is 28.7 Å². The highest BCUT2D eigenvalue weighted by atomic mass is 16.6. The minimum absolute atomic E-state index is 0.0402. The van der Waals surface area contributed by atoms with E-state index < -0.39 is 41.6 Å². The van der Waals surface area contributed by atoms with Crippen LogP contribution < -0.4 is 18.9 Å². The SMILES string of the molecule is COc1ccc([C@@H]2Oc3cc(OC(C)=O)cc(O)c3C(=O)[C@H]2OC(C)=O)cc1OC(C)=O. The van der Waals surface area contributed by atoms with Crippen LogP contribution in [-0.4, -0.2) is 42.0 Å². The molecule has 10 nitrogen and oxygen atoms in total. The molecule has 0 saturated heterocycles. The number of esters is 3. The number of rotatable bonds is 5. The Morgan fingerprint density at radius 3 is 2.22 bits per heavy atom. The second kappa shape index (κ2) is 8.96. The van der Waals surface area contributed by atoms with Crippen molar-refractivity contribution < 1.29 is 48.0 Å². The molecule has 0 bridgehead atoms. The molecule has 1 heterocycles. The Morgan fingerprint density at radius 1 is 0.938 bits per heavy atom. The summed E-state index contributed by atoms with van der Waals surface area (Å²) in [7, 11) is 1.39. The lowest BCUT2D eigenvalue weighted by Crippen LogP contribution is -2.39. The molecular formula is C22H20O10. The zero-order valence-corrected chi connectivity index (χ0v) is 17.7. The van der Waals surface area contributed by atoms with Gasteiger partial charge in [-0.3, -0.25) is 19.2 Å². The van der Waals surface area contributed by atoms with Crippen LogP contribution in [0.1, 0.15) is 42.8 Å². The summed E-state index contributed by atoms with van der Waals surface area (Å²) in [4.78, 5) is 47.6. The van der Waals surface area contributed by atoms with E-state index in [-0.39, 0.29) is 28.6 Å². The van der Waals surface area contributed by atoms with Gasteiger partial charge in [-0.25, -0.2) is 0 Å². The lowest BCUT2D eigenvalue weighted by Gasteiger charge is -2.32. The van der Waals surface area contributed by atoms with Crippen LogP contribution in [0.3, 0.4) is 0 Å². The fourth-order valence-electron chi connectivity index (χ4n) is 3.26. The van der Waals surface area contributed by atoms with E-state index in [0.29, 0.717) is 5.56 Å². The van der Waals surface area contributed by atoms with Crippen molar-refractivity contribution in [3.05, 3.63) is 41.5 Å². The van der Waals surface area contributed by atoms with Gasteiger partial charge in [0.05, 0.1) is 7.11 Å². The number of carbonyl (C=O) groups excluding carboxylic acids is 4. The van der Waals surface area contributed by atoms with Crippen LogP contribution in [0.2, 0.25) is 0 Å². The van der Waals surface area contributed by atoms with Gasteiger partial charge < -0.3 is 28.8 Å². The molecule has 3 rings (SSSR count). The average molecular weight is 444 g/mol. The topological polar surface area (TPSA) is 135 Å². The average Bonchev–Trinajstić information content (AvgIpc) is 2.68. The Hall–Kier alpha value is -4.08. The third-order valence-corrected chi connectivity index (χ3v) is 4.41. The summed E-state index contributed by atoms with van der Waals surface area (Å²) >= 11 is 0. The summed E-state index contributed by atoms with van der Waals surface area (Å²) in [5, 5.41) is 10.3. The zero-order chi connectivity index (χ0) is 23.6. The highest BCUT2D eigenvalue weighted by Crippen LogP contribution is 2.44. The number of phenolic OH excluding ortho intramolecular Hbond substituents is 1. The molecule has 32 heavy (non-hydrogen) atoms. The second-order valence-corrected chi connectivity index (χ2v) is 6.85. The first kappa shape index (κ1) is 22.6. The summed E-state index contributed by atoms with van der Waals surface area (Å²) in [6.07, 6.45) is -2.60. The Bertz CT molecular complexity index is 1100. The first-order chi connectivity index (χ1) is 15.1. The molecule has 2 aromatic carbocycles. The fourth-order valence-corrected chi connectivity index (χ4v) is 3.26. The van der Waals surface area contributed by atoms with Gasteiger partial charge in [0.1, 0.15) is 22.8 Å². The molecule has 0 radical (unpaired) electrons. The van der Waals surface area contributed by atoms with E-state index in [1.165, 1.54) is 39.2 Å². The second-order valence-electron chi connectivity index (χ2n) is 6.85. The van der Waals surface area contributed by atoms with Gasteiger partial charge in [-0.05, 0) is 12.1 Å². The number of hydrogen-bond acceptors (Lipinski definition) is 10. The molecule has 0 saturated carbocycles. The number of methoxy groups -OCH3 is 1. The Morgan fingerprint density at radius 2 is 1.62 bits per heavy atom. The van der Waals surface area contributed by atoms with Crippen LogP contribution in [0.15, 0.2) is 30.3 Å². The van der Waals surface area contributed by atoms with Crippen molar-refractivity contribution in [2.75, 3.05) is 7.11 Å². The van der Waals surface area contributed by atoms with E-state index in [2.05, 4.69) is 0 Å². The molecule has 0 unspecified atom stereocenters. The summed E-state index contributed by atoms with van der Waals surface area (Å²) in [5.74, 6) is -3.00. The van der Waals surface area contributed by atoms with Crippen LogP contribution in [0, 0.1) is 0 Å². The molecule has 0 fully saturated rings. The van der Waals surface area contributed by atoms with E-state index in [1.807, 2.05) is 0 Å². The maximum Gasteiger partial charge on any atom is 0.308 e. The van der Waals surface area contributed by atoms with Crippen LogP contribution in [0.25, 0.3) is 0 Å². The lowest BCUT2D eigenvalue weighted by molar-refractivity contribution is -0.149. The van der Waals surface area contributed by atoms with Crippen molar-refractivity contribution in [1.82, 2.24) is 0 Å². The largest absolute Gasteiger partial charge is 0.507 e. The van der Waals surface area contributed by atoms with Crippen molar-refractivity contribution in [2.45, 2.75) is 33.0 Å². The third-order valence-electron chi connectivity index (χ3n) is 4.41. The Balaban J connectivity index is 2.12. The first-order valence-electron chi connectivity index (χ1n) is 9.40. The predicted molar refractivity (Wildman–Crippen MR) is 107 cm³/mol. The van der Waals surface area contributed by atoms with Crippen LogP contribution in [0.5, 0.6) is 28.7 Å². The van der Waals surface area contributed by atoms with Gasteiger partial charge >= 0.3 is 17.9 Å². The molecule has 2 atom stereocenters. The highest BCUT2D eigenvalue weighted by Gasteiger charge is 2.43. The van der Waals surface area contributed by atoms with Crippen LogP contribution in [0.4, 0.5) is 0 Å². The maximum absolute atomic E-state index is 13.1. The number of ether oxygens (including phenoxy) is 5. The molecule has 0 aliphatic carbocycles. The number of hydrogen-bond donors (Lipinski definition) is 1. The molecule has 1 aliphatic heterocycles. The van der Waals surface area contributed by atoms with Crippen molar-refractivity contribution in [3.63, 3.8) is 0 Å². The van der Waals surface area contributed by atoms with Gasteiger partial charge in [0, 0.05) is 38.5 Å². The molecule has 168 valence electrons. The van der Waals surface area contributed by atoms with Crippen LogP contribution >= 0.6 is 0 Å². The predicted octanol–water partition coefficient (Wildman–Crippen LogP) is 2.50. The zero-order valence-electron chi connectivity index (χ0n) is 17.7. The molecule has 1 N–H and O–H groups in total. The molecule has 1 aliphatic rings. The normalized spacial score (nSPS) is 16.9. The smallest absolute Gasteiger partial charge is 0.308 e. The Kier molecular flexibility index (Phi) is 6.33. The van der Waals surface area contributed by atoms with E-state index in [0.717, 1.165) is 13.0 Å². The van der Waals surface area contributed by atoms with E-state index in [9.17, 15) is 24.3 Å². The lowest BCUT2D eigenvalue weighted by atomic mass is 9.92. The summed E-state index contributed by atoms with van der Waals surface area (Å²) in [6, 6.07) is 6.80. The highest BCUT2D eigenvalue weighted by molar-refractivity contribution is 6.06. The van der Waals surface area contributed by atoms with E-state index in [4.69, 9.17) is 23.7 Å². The number of fused-ring (bicyclic) bond motifs is 1. The number of Topliss-reactive ketones (excluding diaryl/α,β-unsaturated/α-hetero) is 1. The minimum Gasteiger partial charge on any atom is -0.507 e. The quantitative estimate of drug-likeness (QED) is 0.541. The first-order valence-corrected chi connectivity index (χ1v) is 9.40. The number of phenols is 1. The minimum atomic E-state index is -1.44. The molecular weight excluding hydrogens is 424 g/mol.